The van der Waals surface area contributed by atoms with E-state index in [-0.39, 0.29) is 11.6 Å². The van der Waals surface area contributed by atoms with E-state index >= 15 is 0 Å². The molecule has 1 saturated heterocycles. The van der Waals surface area contributed by atoms with Crippen LogP contribution in [0.15, 0.2) is 0 Å². The molecule has 4 heteroatoms. The average molecular weight is 228 g/mol. The molecular weight excluding hydrogens is 204 g/mol. The average Bonchev–Trinajstić information content (AvgIpc) is 1.96. The predicted octanol–water partition coefficient (Wildman–Crippen LogP) is 1.98. The molecule has 1 aliphatic rings. The smallest absolute Gasteiger partial charge is 0.410 e. The number of carbonyl (C=O) groups is 1. The van der Waals surface area contributed by atoms with E-state index in [0.717, 1.165) is 13.0 Å². The summed E-state index contributed by atoms with van der Waals surface area (Å²) in [6, 6.07) is 0. The first-order chi connectivity index (χ1) is 7.09. The highest BCUT2D eigenvalue weighted by Gasteiger charge is 2.35. The van der Waals surface area contributed by atoms with Crippen LogP contribution in [0.1, 0.15) is 41.0 Å². The van der Waals surface area contributed by atoms with Gasteiger partial charge in [0.25, 0.3) is 0 Å². The van der Waals surface area contributed by atoms with Crippen molar-refractivity contribution in [3.05, 3.63) is 0 Å². The van der Waals surface area contributed by atoms with E-state index in [4.69, 9.17) is 10.5 Å². The molecule has 0 aromatic heterocycles. The second-order valence-electron chi connectivity index (χ2n) is 6.32. The lowest BCUT2D eigenvalue weighted by Gasteiger charge is -2.41. The quantitative estimate of drug-likeness (QED) is 0.689. The van der Waals surface area contributed by atoms with Gasteiger partial charge in [-0.2, -0.15) is 0 Å². The van der Waals surface area contributed by atoms with Crippen LogP contribution in [0.4, 0.5) is 4.79 Å². The van der Waals surface area contributed by atoms with E-state index in [1.54, 1.807) is 4.90 Å². The SMILES string of the molecule is CC1CN(C(=O)OC(C)(C)C)CC(C)(N)C1. The van der Waals surface area contributed by atoms with Gasteiger partial charge in [-0.1, -0.05) is 6.92 Å². The highest BCUT2D eigenvalue weighted by molar-refractivity contribution is 5.68. The minimum absolute atomic E-state index is 0.254. The van der Waals surface area contributed by atoms with Gasteiger partial charge in [0.15, 0.2) is 0 Å². The zero-order valence-corrected chi connectivity index (χ0v) is 11.0. The zero-order chi connectivity index (χ0) is 12.6. The monoisotopic (exact) mass is 228 g/mol. The number of rotatable bonds is 0. The van der Waals surface area contributed by atoms with Crippen LogP contribution in [-0.4, -0.2) is 35.2 Å². The largest absolute Gasteiger partial charge is 0.444 e. The fraction of sp³-hybridized carbons (Fsp3) is 0.917. The zero-order valence-electron chi connectivity index (χ0n) is 11.0. The predicted molar refractivity (Wildman–Crippen MR) is 64.2 cm³/mol. The fourth-order valence-corrected chi connectivity index (χ4v) is 2.27. The van der Waals surface area contributed by atoms with E-state index in [1.165, 1.54) is 0 Å². The summed E-state index contributed by atoms with van der Waals surface area (Å²) in [4.78, 5) is 13.6. The molecule has 1 amide bonds. The Kier molecular flexibility index (Phi) is 3.53. The Labute approximate surface area is 98.1 Å². The maximum atomic E-state index is 11.9. The molecule has 4 nitrogen and oxygen atoms in total. The van der Waals surface area contributed by atoms with Crippen LogP contribution in [0.5, 0.6) is 0 Å². The number of nitrogens with zero attached hydrogens (tertiary/aromatic N) is 1. The highest BCUT2D eigenvalue weighted by Crippen LogP contribution is 2.24. The third-order valence-electron chi connectivity index (χ3n) is 2.55. The molecule has 2 N–H and O–H groups in total. The van der Waals surface area contributed by atoms with Gasteiger partial charge < -0.3 is 15.4 Å². The summed E-state index contributed by atoms with van der Waals surface area (Å²) in [5, 5.41) is 0. The lowest BCUT2D eigenvalue weighted by molar-refractivity contribution is 0.00900. The van der Waals surface area contributed by atoms with Crippen molar-refractivity contribution < 1.29 is 9.53 Å². The van der Waals surface area contributed by atoms with E-state index in [2.05, 4.69) is 6.92 Å². The molecular formula is C12H24N2O2. The van der Waals surface area contributed by atoms with Gasteiger partial charge in [0.2, 0.25) is 0 Å². The third-order valence-corrected chi connectivity index (χ3v) is 2.55. The lowest BCUT2D eigenvalue weighted by atomic mass is 9.86. The van der Waals surface area contributed by atoms with E-state index < -0.39 is 5.60 Å². The normalized spacial score (nSPS) is 31.4. The molecule has 94 valence electrons. The van der Waals surface area contributed by atoms with E-state index in [0.29, 0.717) is 12.5 Å². The van der Waals surface area contributed by atoms with Crippen LogP contribution in [0.25, 0.3) is 0 Å². The van der Waals surface area contributed by atoms with E-state index in [9.17, 15) is 4.79 Å². The molecule has 1 rings (SSSR count). The number of nitrogens with two attached hydrogens (primary N) is 1. The van der Waals surface area contributed by atoms with Crippen molar-refractivity contribution in [3.8, 4) is 0 Å². The molecule has 1 fully saturated rings. The van der Waals surface area contributed by atoms with Gasteiger partial charge in [-0.05, 0) is 40.0 Å². The Morgan fingerprint density at radius 2 is 2.06 bits per heavy atom. The maximum absolute atomic E-state index is 11.9. The Balaban J connectivity index is 2.63. The van der Waals surface area contributed by atoms with Gasteiger partial charge in [0, 0.05) is 18.6 Å². The van der Waals surface area contributed by atoms with Crippen LogP contribution in [0.2, 0.25) is 0 Å². The fourth-order valence-electron chi connectivity index (χ4n) is 2.27. The minimum Gasteiger partial charge on any atom is -0.444 e. The van der Waals surface area contributed by atoms with Gasteiger partial charge >= 0.3 is 6.09 Å². The molecule has 0 aliphatic carbocycles. The van der Waals surface area contributed by atoms with Crippen molar-refractivity contribution in [2.24, 2.45) is 11.7 Å². The number of amides is 1. The van der Waals surface area contributed by atoms with E-state index in [1.807, 2.05) is 27.7 Å². The van der Waals surface area contributed by atoms with Gasteiger partial charge in [0.05, 0.1) is 0 Å². The highest BCUT2D eigenvalue weighted by atomic mass is 16.6. The molecule has 0 aromatic carbocycles. The van der Waals surface area contributed by atoms with Gasteiger partial charge in [-0.3, -0.25) is 0 Å². The molecule has 2 unspecified atom stereocenters. The summed E-state index contributed by atoms with van der Waals surface area (Å²) < 4.78 is 5.35. The molecule has 0 spiro atoms. The third kappa shape index (κ3) is 4.00. The summed E-state index contributed by atoms with van der Waals surface area (Å²) in [5.41, 5.74) is 5.37. The molecule has 1 heterocycles. The van der Waals surface area contributed by atoms with Gasteiger partial charge in [-0.25, -0.2) is 4.79 Å². The second-order valence-corrected chi connectivity index (χ2v) is 6.32. The molecule has 0 radical (unpaired) electrons. The minimum atomic E-state index is -0.442. The first kappa shape index (κ1) is 13.3. The van der Waals surface area contributed by atoms with Crippen LogP contribution in [0, 0.1) is 5.92 Å². The Hall–Kier alpha value is -0.770. The summed E-state index contributed by atoms with van der Waals surface area (Å²) in [6.45, 7) is 11.0. The van der Waals surface area contributed by atoms with Crippen LogP contribution >= 0.6 is 0 Å². The first-order valence-corrected chi connectivity index (χ1v) is 5.86. The summed E-state index contributed by atoms with van der Waals surface area (Å²) in [6.07, 6.45) is 0.697. The number of ether oxygens (including phenoxy) is 1. The second kappa shape index (κ2) is 4.24. The molecule has 0 aromatic rings. The van der Waals surface area contributed by atoms with Crippen molar-refractivity contribution in [3.63, 3.8) is 0 Å². The van der Waals surface area contributed by atoms with Crippen LogP contribution < -0.4 is 5.73 Å². The summed E-state index contributed by atoms with van der Waals surface area (Å²) in [5.74, 6) is 0.427. The van der Waals surface area contributed by atoms with Gasteiger partial charge in [-0.15, -0.1) is 0 Å². The summed E-state index contributed by atoms with van der Waals surface area (Å²) in [7, 11) is 0. The van der Waals surface area contributed by atoms with Crippen molar-refractivity contribution >= 4 is 6.09 Å². The van der Waals surface area contributed by atoms with Crippen LogP contribution in [-0.2, 0) is 4.74 Å². The molecule has 2 atom stereocenters. The van der Waals surface area contributed by atoms with Crippen LogP contribution in [0.3, 0.4) is 0 Å². The molecule has 0 bridgehead atoms. The Bertz CT molecular complexity index is 269. The Morgan fingerprint density at radius 3 is 2.50 bits per heavy atom. The number of likely N-dealkylation sites (tertiary alicyclic amines) is 1. The molecule has 16 heavy (non-hydrogen) atoms. The molecule has 0 saturated carbocycles. The number of piperidine rings is 1. The van der Waals surface area contributed by atoms with Gasteiger partial charge in [0.1, 0.15) is 5.60 Å². The number of hydrogen-bond donors (Lipinski definition) is 1. The topological polar surface area (TPSA) is 55.6 Å². The number of carbonyl (C=O) groups excluding carboxylic acids is 1. The van der Waals surface area contributed by atoms with Crippen molar-refractivity contribution in [2.75, 3.05) is 13.1 Å². The molecule has 1 aliphatic heterocycles. The van der Waals surface area contributed by atoms with Crippen molar-refractivity contribution in [2.45, 2.75) is 52.2 Å². The van der Waals surface area contributed by atoms with Crippen molar-refractivity contribution in [1.82, 2.24) is 4.90 Å². The first-order valence-electron chi connectivity index (χ1n) is 5.86. The van der Waals surface area contributed by atoms with Crippen molar-refractivity contribution in [1.29, 1.82) is 0 Å². The standard InChI is InChI=1S/C12H24N2O2/c1-9-6-12(5,13)8-14(7-9)10(15)16-11(2,3)4/h9H,6-8,13H2,1-5H3. The lowest BCUT2D eigenvalue weighted by Crippen LogP contribution is -2.57. The summed E-state index contributed by atoms with van der Waals surface area (Å²) >= 11 is 0. The Morgan fingerprint density at radius 1 is 1.50 bits per heavy atom. The maximum Gasteiger partial charge on any atom is 0.410 e. The number of hydrogen-bond acceptors (Lipinski definition) is 3.